The summed E-state index contributed by atoms with van der Waals surface area (Å²) in [6.45, 7) is 1.65. The van der Waals surface area contributed by atoms with Crippen LogP contribution < -0.4 is 20.3 Å². The molecule has 144 valence electrons. The van der Waals surface area contributed by atoms with Crippen LogP contribution in [-0.4, -0.2) is 44.4 Å². The van der Waals surface area contributed by atoms with E-state index in [2.05, 4.69) is 15.6 Å². The minimum absolute atomic E-state index is 0.0382. The third-order valence-electron chi connectivity index (χ3n) is 4.12. The second-order valence-corrected chi connectivity index (χ2v) is 6.91. The fourth-order valence-electron chi connectivity index (χ4n) is 2.75. The summed E-state index contributed by atoms with van der Waals surface area (Å²) in [6.07, 6.45) is 2.57. The molecule has 1 aromatic heterocycles. The fourth-order valence-corrected chi connectivity index (χ4v) is 2.92. The summed E-state index contributed by atoms with van der Waals surface area (Å²) >= 11 is 6.05. The van der Waals surface area contributed by atoms with E-state index in [4.69, 9.17) is 21.1 Å². The summed E-state index contributed by atoms with van der Waals surface area (Å²) in [6, 6.07) is 8.71. The van der Waals surface area contributed by atoms with Crippen LogP contribution in [0.2, 0.25) is 5.02 Å². The van der Waals surface area contributed by atoms with Crippen molar-refractivity contribution >= 4 is 29.0 Å². The first kappa shape index (κ1) is 19.3. The largest absolute Gasteiger partial charge is 0.472 e. The fraction of sp³-hybridized carbons (Fsp3) is 0.368. The molecule has 0 unspecified atom stereocenters. The third-order valence-corrected chi connectivity index (χ3v) is 4.35. The van der Waals surface area contributed by atoms with Crippen molar-refractivity contribution in [1.82, 2.24) is 10.3 Å². The van der Waals surface area contributed by atoms with E-state index in [0.29, 0.717) is 36.3 Å². The Labute approximate surface area is 163 Å². The zero-order valence-electron chi connectivity index (χ0n) is 15.4. The predicted molar refractivity (Wildman–Crippen MR) is 106 cm³/mol. The van der Waals surface area contributed by atoms with Crippen LogP contribution in [0, 0.1) is 0 Å². The molecule has 8 heteroatoms. The molecule has 0 aliphatic carbocycles. The molecule has 1 aliphatic rings. The first-order chi connectivity index (χ1) is 13.0. The van der Waals surface area contributed by atoms with Crippen LogP contribution in [0.1, 0.15) is 12.0 Å². The molecule has 1 aromatic carbocycles. The number of carbonyl (C=O) groups is 1. The number of benzene rings is 1. The summed E-state index contributed by atoms with van der Waals surface area (Å²) in [5.74, 6) is 0.537. The zero-order chi connectivity index (χ0) is 19.2. The number of urea groups is 1. The number of amides is 2. The molecule has 0 radical (unpaired) electrons. The van der Waals surface area contributed by atoms with E-state index in [1.54, 1.807) is 18.3 Å². The van der Waals surface area contributed by atoms with E-state index >= 15 is 0 Å². The van der Waals surface area contributed by atoms with Crippen molar-refractivity contribution in [3.63, 3.8) is 0 Å². The summed E-state index contributed by atoms with van der Waals surface area (Å²) < 4.78 is 11.1. The number of aromatic nitrogens is 1. The highest BCUT2D eigenvalue weighted by Crippen LogP contribution is 2.27. The molecule has 1 atom stereocenters. The molecule has 1 fully saturated rings. The lowest BCUT2D eigenvalue weighted by Gasteiger charge is -2.18. The molecule has 2 aromatic rings. The maximum absolute atomic E-state index is 12.3. The number of nitrogens with zero attached hydrogens (tertiary/aromatic N) is 2. The number of carbonyl (C=O) groups excluding carboxylic acids is 1. The van der Waals surface area contributed by atoms with Crippen LogP contribution in [0.3, 0.4) is 0 Å². The topological polar surface area (TPSA) is 75.7 Å². The lowest BCUT2D eigenvalue weighted by atomic mass is 10.2. The third kappa shape index (κ3) is 5.48. The Morgan fingerprint density at radius 3 is 2.96 bits per heavy atom. The second kappa shape index (κ2) is 8.92. The number of pyridine rings is 1. The number of anilines is 2. The number of rotatable bonds is 6. The smallest absolute Gasteiger partial charge is 0.319 e. The molecular formula is C19H23ClN4O3. The monoisotopic (exact) mass is 390 g/mol. The molecule has 7 nitrogen and oxygen atoms in total. The Morgan fingerprint density at radius 2 is 2.22 bits per heavy atom. The number of hydrogen-bond acceptors (Lipinski definition) is 5. The van der Waals surface area contributed by atoms with Gasteiger partial charge in [0.05, 0.1) is 24.6 Å². The maximum atomic E-state index is 12.3. The first-order valence-corrected chi connectivity index (χ1v) is 9.10. The number of ether oxygens (including phenoxy) is 2. The number of nitrogens with one attached hydrogen (secondary N) is 2. The van der Waals surface area contributed by atoms with Crippen LogP contribution in [0.25, 0.3) is 0 Å². The van der Waals surface area contributed by atoms with Gasteiger partial charge in [0.2, 0.25) is 5.88 Å². The van der Waals surface area contributed by atoms with Crippen molar-refractivity contribution in [2.45, 2.75) is 19.1 Å². The van der Waals surface area contributed by atoms with Gasteiger partial charge >= 0.3 is 6.03 Å². The van der Waals surface area contributed by atoms with Crippen LogP contribution >= 0.6 is 11.6 Å². The van der Waals surface area contributed by atoms with Crippen molar-refractivity contribution in [2.24, 2.45) is 0 Å². The lowest BCUT2D eigenvalue weighted by Crippen LogP contribution is -2.29. The van der Waals surface area contributed by atoms with Crippen molar-refractivity contribution < 1.29 is 14.3 Å². The molecule has 3 rings (SSSR count). The van der Waals surface area contributed by atoms with E-state index in [9.17, 15) is 4.79 Å². The van der Waals surface area contributed by atoms with Gasteiger partial charge in [-0.1, -0.05) is 11.6 Å². The average molecular weight is 391 g/mol. The molecule has 2 N–H and O–H groups in total. The summed E-state index contributed by atoms with van der Waals surface area (Å²) in [5.41, 5.74) is 2.41. The number of hydrogen-bond donors (Lipinski definition) is 2. The van der Waals surface area contributed by atoms with Gasteiger partial charge in [-0.15, -0.1) is 0 Å². The van der Waals surface area contributed by atoms with Gasteiger partial charge in [0.1, 0.15) is 6.10 Å². The molecule has 0 bridgehead atoms. The van der Waals surface area contributed by atoms with E-state index in [1.165, 1.54) is 0 Å². The average Bonchev–Trinajstić information content (AvgIpc) is 3.13. The van der Waals surface area contributed by atoms with Gasteiger partial charge in [-0.25, -0.2) is 9.78 Å². The highest BCUT2D eigenvalue weighted by atomic mass is 35.5. The minimum atomic E-state index is -0.316. The SMILES string of the molecule is CN(C)c1ccc(Cl)cc1NC(=O)NCc1ccnc(O[C@@H]2CCOC2)c1. The number of halogens is 1. The normalized spacial score (nSPS) is 16.0. The highest BCUT2D eigenvalue weighted by Gasteiger charge is 2.17. The molecule has 0 saturated carbocycles. The minimum Gasteiger partial charge on any atom is -0.472 e. The van der Waals surface area contributed by atoms with Crippen LogP contribution in [0.15, 0.2) is 36.5 Å². The second-order valence-electron chi connectivity index (χ2n) is 6.47. The van der Waals surface area contributed by atoms with Crippen LogP contribution in [0.5, 0.6) is 5.88 Å². The predicted octanol–water partition coefficient (Wildman–Crippen LogP) is 3.29. The molecule has 0 spiro atoms. The van der Waals surface area contributed by atoms with Gasteiger partial charge in [-0.2, -0.15) is 0 Å². The first-order valence-electron chi connectivity index (χ1n) is 8.72. The van der Waals surface area contributed by atoms with Gasteiger partial charge < -0.3 is 25.0 Å². The summed E-state index contributed by atoms with van der Waals surface area (Å²) in [7, 11) is 3.81. The Balaban J connectivity index is 1.57. The molecule has 2 amide bonds. The van der Waals surface area contributed by atoms with Crippen molar-refractivity contribution in [3.05, 3.63) is 47.1 Å². The van der Waals surface area contributed by atoms with E-state index in [-0.39, 0.29) is 12.1 Å². The van der Waals surface area contributed by atoms with E-state index < -0.39 is 0 Å². The van der Waals surface area contributed by atoms with E-state index in [1.807, 2.05) is 37.2 Å². The van der Waals surface area contributed by atoms with Crippen molar-refractivity contribution in [2.75, 3.05) is 37.5 Å². The molecular weight excluding hydrogens is 368 g/mol. The van der Waals surface area contributed by atoms with Gasteiger partial charge in [-0.3, -0.25) is 0 Å². The van der Waals surface area contributed by atoms with Crippen LogP contribution in [0.4, 0.5) is 16.2 Å². The van der Waals surface area contributed by atoms with Gasteiger partial charge in [0, 0.05) is 44.3 Å². The Morgan fingerprint density at radius 1 is 1.37 bits per heavy atom. The van der Waals surface area contributed by atoms with Crippen molar-refractivity contribution in [3.8, 4) is 5.88 Å². The molecule has 27 heavy (non-hydrogen) atoms. The lowest BCUT2D eigenvalue weighted by molar-refractivity contribution is 0.138. The molecule has 1 saturated heterocycles. The highest BCUT2D eigenvalue weighted by molar-refractivity contribution is 6.31. The maximum Gasteiger partial charge on any atom is 0.319 e. The Hall–Kier alpha value is -2.51. The summed E-state index contributed by atoms with van der Waals surface area (Å²) in [5, 5.41) is 6.23. The molecule has 2 heterocycles. The summed E-state index contributed by atoms with van der Waals surface area (Å²) in [4.78, 5) is 18.4. The van der Waals surface area contributed by atoms with Crippen LogP contribution in [-0.2, 0) is 11.3 Å². The Kier molecular flexibility index (Phi) is 6.36. The van der Waals surface area contributed by atoms with Gasteiger partial charge in [0.15, 0.2) is 0 Å². The quantitative estimate of drug-likeness (QED) is 0.791. The van der Waals surface area contributed by atoms with Gasteiger partial charge in [-0.05, 0) is 29.8 Å². The van der Waals surface area contributed by atoms with Crippen molar-refractivity contribution in [1.29, 1.82) is 0 Å². The van der Waals surface area contributed by atoms with Gasteiger partial charge in [0.25, 0.3) is 0 Å². The standard InChI is InChI=1S/C19H23ClN4O3/c1-24(2)17-4-3-14(20)10-16(17)23-19(25)22-11-13-5-7-21-18(9-13)27-15-6-8-26-12-15/h3-5,7,9-10,15H,6,8,11-12H2,1-2H3,(H2,22,23,25)/t15-/m1/s1. The Bertz CT molecular complexity index is 794. The van der Waals surface area contributed by atoms with E-state index in [0.717, 1.165) is 17.7 Å². The molecule has 1 aliphatic heterocycles. The zero-order valence-corrected chi connectivity index (χ0v) is 16.1.